The molecule has 1 aromatic rings. The summed E-state index contributed by atoms with van der Waals surface area (Å²) in [5, 5.41) is 12.4. The molecule has 1 aromatic carbocycles. The maximum Gasteiger partial charge on any atom is 0.329 e. The molecule has 0 amide bonds. The largest absolute Gasteiger partial charge is 0.480 e. The molecule has 0 aliphatic heterocycles. The van der Waals surface area contributed by atoms with Crippen LogP contribution in [0.3, 0.4) is 0 Å². The number of carboxylic acid groups (broad SMARTS) is 1. The van der Waals surface area contributed by atoms with E-state index in [9.17, 15) is 9.90 Å². The second kappa shape index (κ2) is 5.52. The smallest absolute Gasteiger partial charge is 0.329 e. The third kappa shape index (κ3) is 2.87. The van der Waals surface area contributed by atoms with Crippen LogP contribution in [0.25, 0.3) is 0 Å². The van der Waals surface area contributed by atoms with Crippen LogP contribution in [0, 0.1) is 3.57 Å². The molecule has 0 fully saturated rings. The van der Waals surface area contributed by atoms with Gasteiger partial charge in [-0.15, -0.1) is 0 Å². The van der Waals surface area contributed by atoms with Crippen molar-refractivity contribution in [2.45, 2.75) is 32.2 Å². The van der Waals surface area contributed by atoms with E-state index in [1.807, 2.05) is 38.1 Å². The van der Waals surface area contributed by atoms with Gasteiger partial charge in [-0.05, 0) is 53.6 Å². The van der Waals surface area contributed by atoms with Gasteiger partial charge in [0.05, 0.1) is 0 Å². The van der Waals surface area contributed by atoms with Gasteiger partial charge in [-0.25, -0.2) is 4.79 Å². The lowest BCUT2D eigenvalue weighted by Crippen LogP contribution is -2.45. The van der Waals surface area contributed by atoms with E-state index in [-0.39, 0.29) is 0 Å². The Bertz CT molecular complexity index is 375. The zero-order valence-corrected chi connectivity index (χ0v) is 11.6. The van der Waals surface area contributed by atoms with Crippen molar-refractivity contribution >= 4 is 34.2 Å². The molecule has 0 saturated carbocycles. The number of carboxylic acids is 1. The average Bonchev–Trinajstić information content (AvgIpc) is 2.25. The predicted octanol–water partition coefficient (Wildman–Crippen LogP) is 3.35. The minimum atomic E-state index is -0.857. The van der Waals surface area contributed by atoms with Gasteiger partial charge in [0.1, 0.15) is 5.54 Å². The molecule has 0 aliphatic rings. The summed E-state index contributed by atoms with van der Waals surface area (Å²) in [6.45, 7) is 3.77. The van der Waals surface area contributed by atoms with Crippen LogP contribution in [0.1, 0.15) is 26.7 Å². The van der Waals surface area contributed by atoms with E-state index in [1.54, 1.807) is 0 Å². The van der Waals surface area contributed by atoms with E-state index in [0.29, 0.717) is 12.8 Å². The first-order valence-electron chi connectivity index (χ1n) is 5.31. The Balaban J connectivity index is 2.96. The number of anilines is 1. The zero-order chi connectivity index (χ0) is 12.2. The van der Waals surface area contributed by atoms with Crippen molar-refractivity contribution in [1.29, 1.82) is 0 Å². The molecule has 0 saturated heterocycles. The Labute approximate surface area is 109 Å². The van der Waals surface area contributed by atoms with E-state index < -0.39 is 11.5 Å². The van der Waals surface area contributed by atoms with Crippen LogP contribution in [0.5, 0.6) is 0 Å². The van der Waals surface area contributed by atoms with Crippen LogP contribution in [-0.4, -0.2) is 16.6 Å². The van der Waals surface area contributed by atoms with Crippen LogP contribution >= 0.6 is 22.6 Å². The Morgan fingerprint density at radius 1 is 1.44 bits per heavy atom. The molecule has 0 aromatic heterocycles. The number of hydrogen-bond acceptors (Lipinski definition) is 2. The fourth-order valence-electron chi connectivity index (χ4n) is 1.63. The van der Waals surface area contributed by atoms with Crippen LogP contribution in [0.15, 0.2) is 24.3 Å². The Kier molecular flexibility index (Phi) is 4.58. The number of rotatable bonds is 5. The molecule has 4 heteroatoms. The quantitative estimate of drug-likeness (QED) is 0.813. The van der Waals surface area contributed by atoms with Crippen LogP contribution in [-0.2, 0) is 4.79 Å². The molecule has 16 heavy (non-hydrogen) atoms. The lowest BCUT2D eigenvalue weighted by molar-refractivity contribution is -0.142. The number of halogens is 1. The normalized spacial score (nSPS) is 11.2. The highest BCUT2D eigenvalue weighted by molar-refractivity contribution is 14.1. The fraction of sp³-hybridized carbons (Fsp3) is 0.417. The summed E-state index contributed by atoms with van der Waals surface area (Å²) in [5.41, 5.74) is 0.00255. The molecule has 0 unspecified atom stereocenters. The third-order valence-electron chi connectivity index (χ3n) is 2.82. The molecule has 0 bridgehead atoms. The van der Waals surface area contributed by atoms with Crippen molar-refractivity contribution in [3.05, 3.63) is 27.8 Å². The molecule has 2 N–H and O–H groups in total. The van der Waals surface area contributed by atoms with Gasteiger partial charge in [0.25, 0.3) is 0 Å². The van der Waals surface area contributed by atoms with E-state index in [4.69, 9.17) is 0 Å². The van der Waals surface area contributed by atoms with E-state index in [0.717, 1.165) is 9.26 Å². The van der Waals surface area contributed by atoms with Gasteiger partial charge in [0.2, 0.25) is 0 Å². The number of nitrogens with one attached hydrogen (secondary N) is 1. The second-order valence-corrected chi connectivity index (χ2v) is 4.98. The minimum Gasteiger partial charge on any atom is -0.480 e. The highest BCUT2D eigenvalue weighted by atomic mass is 127. The number of benzene rings is 1. The van der Waals surface area contributed by atoms with Gasteiger partial charge in [-0.1, -0.05) is 19.9 Å². The van der Waals surface area contributed by atoms with Crippen molar-refractivity contribution in [3.8, 4) is 0 Å². The first-order chi connectivity index (χ1) is 7.54. The molecule has 0 aliphatic carbocycles. The molecule has 0 spiro atoms. The Hall–Kier alpha value is -0.780. The highest BCUT2D eigenvalue weighted by Crippen LogP contribution is 2.23. The SMILES string of the molecule is CCC(CC)(Nc1cccc(I)c1)C(=O)O. The van der Waals surface area contributed by atoms with Crippen molar-refractivity contribution in [2.24, 2.45) is 0 Å². The number of hydrogen-bond donors (Lipinski definition) is 2. The molecule has 0 heterocycles. The molecule has 1 rings (SSSR count). The van der Waals surface area contributed by atoms with E-state index >= 15 is 0 Å². The van der Waals surface area contributed by atoms with E-state index in [2.05, 4.69) is 27.9 Å². The Morgan fingerprint density at radius 2 is 2.06 bits per heavy atom. The van der Waals surface area contributed by atoms with Gasteiger partial charge in [0.15, 0.2) is 0 Å². The summed E-state index contributed by atoms with van der Waals surface area (Å²) < 4.78 is 1.09. The molecular formula is C12H16INO2. The monoisotopic (exact) mass is 333 g/mol. The van der Waals surface area contributed by atoms with Crippen molar-refractivity contribution in [1.82, 2.24) is 0 Å². The summed E-state index contributed by atoms with van der Waals surface area (Å²) in [6, 6.07) is 7.74. The molecule has 88 valence electrons. The van der Waals surface area contributed by atoms with Crippen LogP contribution in [0.4, 0.5) is 5.69 Å². The molecule has 0 atom stereocenters. The van der Waals surface area contributed by atoms with Crippen molar-refractivity contribution < 1.29 is 9.90 Å². The van der Waals surface area contributed by atoms with Crippen LogP contribution < -0.4 is 5.32 Å². The topological polar surface area (TPSA) is 49.3 Å². The summed E-state index contributed by atoms with van der Waals surface area (Å²) >= 11 is 2.21. The zero-order valence-electron chi connectivity index (χ0n) is 9.46. The van der Waals surface area contributed by atoms with Gasteiger partial charge < -0.3 is 10.4 Å². The third-order valence-corrected chi connectivity index (χ3v) is 3.50. The fourth-order valence-corrected chi connectivity index (χ4v) is 2.17. The standard InChI is InChI=1S/C12H16INO2/c1-3-12(4-2,11(15)16)14-10-7-5-6-9(13)8-10/h5-8,14H,3-4H2,1-2H3,(H,15,16). The summed E-state index contributed by atoms with van der Waals surface area (Å²) in [6.07, 6.45) is 1.12. The first kappa shape index (κ1) is 13.3. The minimum absolute atomic E-state index is 0.560. The first-order valence-corrected chi connectivity index (χ1v) is 6.39. The lowest BCUT2D eigenvalue weighted by Gasteiger charge is -2.29. The van der Waals surface area contributed by atoms with Crippen LogP contribution in [0.2, 0.25) is 0 Å². The van der Waals surface area contributed by atoms with E-state index in [1.165, 1.54) is 0 Å². The summed E-state index contributed by atoms with van der Waals surface area (Å²) in [7, 11) is 0. The Morgan fingerprint density at radius 3 is 2.50 bits per heavy atom. The second-order valence-electron chi connectivity index (χ2n) is 3.73. The maximum atomic E-state index is 11.3. The maximum absolute atomic E-state index is 11.3. The van der Waals surface area contributed by atoms with Crippen molar-refractivity contribution in [2.75, 3.05) is 5.32 Å². The summed E-state index contributed by atoms with van der Waals surface area (Å²) in [5.74, 6) is -0.795. The average molecular weight is 333 g/mol. The number of carbonyl (C=O) groups is 1. The molecule has 3 nitrogen and oxygen atoms in total. The summed E-state index contributed by atoms with van der Waals surface area (Å²) in [4.78, 5) is 11.3. The van der Waals surface area contributed by atoms with Gasteiger partial charge in [-0.2, -0.15) is 0 Å². The van der Waals surface area contributed by atoms with Crippen molar-refractivity contribution in [3.63, 3.8) is 0 Å². The lowest BCUT2D eigenvalue weighted by atomic mass is 9.92. The van der Waals surface area contributed by atoms with Gasteiger partial charge >= 0.3 is 5.97 Å². The highest BCUT2D eigenvalue weighted by Gasteiger charge is 2.34. The molecular weight excluding hydrogens is 317 g/mol. The molecule has 0 radical (unpaired) electrons. The van der Waals surface area contributed by atoms with Gasteiger partial charge in [-0.3, -0.25) is 0 Å². The predicted molar refractivity (Wildman–Crippen MR) is 73.7 cm³/mol. The number of aliphatic carboxylic acids is 1. The van der Waals surface area contributed by atoms with Gasteiger partial charge in [0, 0.05) is 9.26 Å².